The molecule has 2 N–H and O–H groups in total. The Kier molecular flexibility index (Phi) is 4.93. The standard InChI is InChI=1S/C13H13ClFNO3S/c1-19-6-8(17)5-16-13(18)12-11(14)9-3-2-7(15)4-10(9)20-12/h2-4,8,17H,5-6H2,1H3,(H,16,18). The highest BCUT2D eigenvalue weighted by Gasteiger charge is 2.18. The number of benzene rings is 1. The summed E-state index contributed by atoms with van der Waals surface area (Å²) in [6.07, 6.45) is -0.783. The van der Waals surface area contributed by atoms with Crippen molar-refractivity contribution in [3.05, 3.63) is 33.9 Å². The highest BCUT2D eigenvalue weighted by atomic mass is 35.5. The van der Waals surface area contributed by atoms with Gasteiger partial charge in [0.25, 0.3) is 5.91 Å². The summed E-state index contributed by atoms with van der Waals surface area (Å²) in [7, 11) is 1.46. The maximum Gasteiger partial charge on any atom is 0.263 e. The number of halogens is 2. The van der Waals surface area contributed by atoms with Gasteiger partial charge in [0.15, 0.2) is 0 Å². The number of nitrogens with one attached hydrogen (secondary N) is 1. The number of rotatable bonds is 5. The number of carbonyl (C=O) groups excluding carboxylic acids is 1. The second kappa shape index (κ2) is 6.49. The monoisotopic (exact) mass is 317 g/mol. The Morgan fingerprint density at radius 1 is 1.60 bits per heavy atom. The average molecular weight is 318 g/mol. The zero-order chi connectivity index (χ0) is 14.7. The van der Waals surface area contributed by atoms with Crippen molar-refractivity contribution in [2.75, 3.05) is 20.3 Å². The second-order valence-electron chi connectivity index (χ2n) is 4.20. The molecule has 7 heteroatoms. The Balaban J connectivity index is 2.16. The van der Waals surface area contributed by atoms with E-state index < -0.39 is 12.0 Å². The van der Waals surface area contributed by atoms with Crippen molar-refractivity contribution in [1.82, 2.24) is 5.32 Å². The fourth-order valence-corrected chi connectivity index (χ4v) is 3.19. The summed E-state index contributed by atoms with van der Waals surface area (Å²) < 4.78 is 18.5. The second-order valence-corrected chi connectivity index (χ2v) is 5.64. The first kappa shape index (κ1) is 15.2. The zero-order valence-electron chi connectivity index (χ0n) is 10.7. The van der Waals surface area contributed by atoms with E-state index in [2.05, 4.69) is 5.32 Å². The lowest BCUT2D eigenvalue weighted by molar-refractivity contribution is 0.0611. The minimum atomic E-state index is -0.783. The number of amides is 1. The Bertz CT molecular complexity index is 631. The van der Waals surface area contributed by atoms with Gasteiger partial charge in [0.05, 0.1) is 17.7 Å². The van der Waals surface area contributed by atoms with Crippen molar-refractivity contribution in [3.8, 4) is 0 Å². The van der Waals surface area contributed by atoms with Gasteiger partial charge in [-0.05, 0) is 18.2 Å². The third-order valence-electron chi connectivity index (χ3n) is 2.66. The molecule has 0 spiro atoms. The van der Waals surface area contributed by atoms with Gasteiger partial charge in [-0.25, -0.2) is 4.39 Å². The lowest BCUT2D eigenvalue weighted by atomic mass is 10.2. The molecule has 108 valence electrons. The summed E-state index contributed by atoms with van der Waals surface area (Å²) in [6.45, 7) is 0.192. The molecular weight excluding hydrogens is 305 g/mol. The molecule has 2 rings (SSSR count). The number of aliphatic hydroxyl groups is 1. The molecule has 4 nitrogen and oxygen atoms in total. The van der Waals surface area contributed by atoms with Gasteiger partial charge in [0, 0.05) is 23.7 Å². The molecule has 1 aromatic carbocycles. The summed E-state index contributed by atoms with van der Waals surface area (Å²) in [6, 6.07) is 4.17. The molecule has 1 heterocycles. The van der Waals surface area contributed by atoms with Crippen molar-refractivity contribution in [1.29, 1.82) is 0 Å². The first-order valence-electron chi connectivity index (χ1n) is 5.85. The van der Waals surface area contributed by atoms with E-state index in [1.54, 1.807) is 6.07 Å². The van der Waals surface area contributed by atoms with Crippen LogP contribution >= 0.6 is 22.9 Å². The van der Waals surface area contributed by atoms with E-state index in [9.17, 15) is 14.3 Å². The summed E-state index contributed by atoms with van der Waals surface area (Å²) in [5.74, 6) is -0.773. The average Bonchev–Trinajstić information content (AvgIpc) is 2.73. The van der Waals surface area contributed by atoms with Crippen LogP contribution < -0.4 is 5.32 Å². The van der Waals surface area contributed by atoms with Crippen molar-refractivity contribution >= 4 is 38.9 Å². The number of hydrogen-bond acceptors (Lipinski definition) is 4. The van der Waals surface area contributed by atoms with Crippen LogP contribution in [0.1, 0.15) is 9.67 Å². The van der Waals surface area contributed by atoms with Gasteiger partial charge in [-0.1, -0.05) is 11.6 Å². The SMILES string of the molecule is COCC(O)CNC(=O)c1sc2cc(F)ccc2c1Cl. The molecule has 0 saturated heterocycles. The molecule has 0 aliphatic rings. The molecule has 1 amide bonds. The van der Waals surface area contributed by atoms with Crippen LogP contribution in [0.5, 0.6) is 0 Å². The minimum absolute atomic E-state index is 0.0611. The number of fused-ring (bicyclic) bond motifs is 1. The number of methoxy groups -OCH3 is 1. The summed E-state index contributed by atoms with van der Waals surface area (Å²) >= 11 is 7.24. The molecule has 2 aromatic rings. The Morgan fingerprint density at radius 2 is 2.35 bits per heavy atom. The lowest BCUT2D eigenvalue weighted by Crippen LogP contribution is -2.34. The van der Waals surface area contributed by atoms with E-state index in [4.69, 9.17) is 16.3 Å². The van der Waals surface area contributed by atoms with Crippen LogP contribution in [0.2, 0.25) is 5.02 Å². The van der Waals surface area contributed by atoms with Crippen molar-refractivity contribution in [2.24, 2.45) is 0 Å². The molecule has 0 aliphatic carbocycles. The van der Waals surface area contributed by atoms with Crippen molar-refractivity contribution in [2.45, 2.75) is 6.10 Å². The molecule has 0 radical (unpaired) electrons. The molecule has 20 heavy (non-hydrogen) atoms. The first-order valence-corrected chi connectivity index (χ1v) is 7.05. The van der Waals surface area contributed by atoms with E-state index in [1.165, 1.54) is 19.2 Å². The van der Waals surface area contributed by atoms with Gasteiger partial charge < -0.3 is 15.2 Å². The number of ether oxygens (including phenoxy) is 1. The maximum absolute atomic E-state index is 13.1. The molecule has 0 saturated carbocycles. The van der Waals surface area contributed by atoms with Crippen LogP contribution in [-0.4, -0.2) is 37.4 Å². The minimum Gasteiger partial charge on any atom is -0.389 e. The van der Waals surface area contributed by atoms with E-state index in [1.807, 2.05) is 0 Å². The Hall–Kier alpha value is -1.21. The third kappa shape index (κ3) is 3.27. The predicted octanol–water partition coefficient (Wildman–Crippen LogP) is 2.43. The maximum atomic E-state index is 13.1. The van der Waals surface area contributed by atoms with E-state index in [0.29, 0.717) is 20.0 Å². The van der Waals surface area contributed by atoms with Crippen LogP contribution in [0.4, 0.5) is 4.39 Å². The van der Waals surface area contributed by atoms with Crippen LogP contribution in [0.25, 0.3) is 10.1 Å². The normalized spacial score (nSPS) is 12.6. The molecule has 1 unspecified atom stereocenters. The van der Waals surface area contributed by atoms with E-state index >= 15 is 0 Å². The van der Waals surface area contributed by atoms with E-state index in [-0.39, 0.29) is 19.0 Å². The fourth-order valence-electron chi connectivity index (χ4n) is 1.73. The lowest BCUT2D eigenvalue weighted by Gasteiger charge is -2.10. The number of carbonyl (C=O) groups is 1. The largest absolute Gasteiger partial charge is 0.389 e. The first-order chi connectivity index (χ1) is 9.52. The number of thiophene rings is 1. The summed E-state index contributed by atoms with van der Waals surface area (Å²) in [5, 5.41) is 13.0. The Morgan fingerprint density at radius 3 is 3.05 bits per heavy atom. The third-order valence-corrected chi connectivity index (χ3v) is 4.31. The molecule has 1 aromatic heterocycles. The van der Waals surface area contributed by atoms with Crippen molar-refractivity contribution < 1.29 is 19.0 Å². The summed E-state index contributed by atoms with van der Waals surface area (Å²) in [5.41, 5.74) is 0. The highest BCUT2D eigenvalue weighted by molar-refractivity contribution is 7.21. The van der Waals surface area contributed by atoms with Gasteiger partial charge in [-0.15, -0.1) is 11.3 Å². The van der Waals surface area contributed by atoms with Crippen LogP contribution in [0, 0.1) is 5.82 Å². The van der Waals surface area contributed by atoms with Gasteiger partial charge in [-0.3, -0.25) is 4.79 Å². The van der Waals surface area contributed by atoms with Crippen molar-refractivity contribution in [3.63, 3.8) is 0 Å². The fraction of sp³-hybridized carbons (Fsp3) is 0.308. The van der Waals surface area contributed by atoms with E-state index in [0.717, 1.165) is 11.3 Å². The molecular formula is C13H13ClFNO3S. The molecule has 0 fully saturated rings. The quantitative estimate of drug-likeness (QED) is 0.890. The summed E-state index contributed by atoms with van der Waals surface area (Å²) in [4.78, 5) is 12.3. The number of hydrogen-bond donors (Lipinski definition) is 2. The van der Waals surface area contributed by atoms with Gasteiger partial charge in [-0.2, -0.15) is 0 Å². The Labute approximate surface area is 124 Å². The van der Waals surface area contributed by atoms with Crippen LogP contribution in [0.3, 0.4) is 0 Å². The zero-order valence-corrected chi connectivity index (χ0v) is 12.2. The van der Waals surface area contributed by atoms with Crippen LogP contribution in [0.15, 0.2) is 18.2 Å². The van der Waals surface area contributed by atoms with Gasteiger partial charge in [0.2, 0.25) is 0 Å². The molecule has 0 bridgehead atoms. The topological polar surface area (TPSA) is 58.6 Å². The van der Waals surface area contributed by atoms with Gasteiger partial charge >= 0.3 is 0 Å². The van der Waals surface area contributed by atoms with Crippen LogP contribution in [-0.2, 0) is 4.74 Å². The highest BCUT2D eigenvalue weighted by Crippen LogP contribution is 2.35. The van der Waals surface area contributed by atoms with Gasteiger partial charge in [0.1, 0.15) is 10.7 Å². The predicted molar refractivity (Wildman–Crippen MR) is 77.0 cm³/mol. The number of aliphatic hydroxyl groups excluding tert-OH is 1. The molecule has 1 atom stereocenters. The smallest absolute Gasteiger partial charge is 0.263 e. The molecule has 0 aliphatic heterocycles.